The molecule has 1 amide bonds. The highest BCUT2D eigenvalue weighted by Crippen LogP contribution is 2.27. The monoisotopic (exact) mass is 310 g/mol. The van der Waals surface area contributed by atoms with Gasteiger partial charge in [-0.25, -0.2) is 0 Å². The summed E-state index contributed by atoms with van der Waals surface area (Å²) in [5, 5.41) is 3.79. The van der Waals surface area contributed by atoms with Gasteiger partial charge < -0.3 is 15.0 Å². The summed E-state index contributed by atoms with van der Waals surface area (Å²) in [4.78, 5) is 14.1. The third kappa shape index (κ3) is 4.35. The molecule has 1 atom stereocenters. The lowest BCUT2D eigenvalue weighted by Crippen LogP contribution is -2.38. The first-order valence-electron chi connectivity index (χ1n) is 7.56. The van der Waals surface area contributed by atoms with Crippen LogP contribution in [0.1, 0.15) is 32.3 Å². The van der Waals surface area contributed by atoms with Crippen molar-refractivity contribution >= 4 is 17.5 Å². The lowest BCUT2D eigenvalue weighted by atomic mass is 10.2. The zero-order chi connectivity index (χ0) is 15.2. The summed E-state index contributed by atoms with van der Waals surface area (Å²) in [5.41, 5.74) is 1.10. The molecule has 21 heavy (non-hydrogen) atoms. The lowest BCUT2D eigenvalue weighted by Gasteiger charge is -2.21. The number of rotatable bonds is 6. The van der Waals surface area contributed by atoms with Crippen LogP contribution in [0.3, 0.4) is 0 Å². The highest BCUT2D eigenvalue weighted by molar-refractivity contribution is 6.32. The van der Waals surface area contributed by atoms with E-state index in [0.29, 0.717) is 10.8 Å². The van der Waals surface area contributed by atoms with Crippen molar-refractivity contribution in [1.82, 2.24) is 10.2 Å². The summed E-state index contributed by atoms with van der Waals surface area (Å²) in [5.74, 6) is 0.609. The third-order valence-corrected chi connectivity index (χ3v) is 3.94. The van der Waals surface area contributed by atoms with Crippen molar-refractivity contribution in [1.29, 1.82) is 0 Å². The van der Waals surface area contributed by atoms with Crippen LogP contribution in [0.25, 0.3) is 0 Å². The van der Waals surface area contributed by atoms with Crippen molar-refractivity contribution in [2.24, 2.45) is 0 Å². The quantitative estimate of drug-likeness (QED) is 0.878. The maximum absolute atomic E-state index is 12.2. The third-order valence-electron chi connectivity index (χ3n) is 3.64. The number of nitrogens with zero attached hydrogens (tertiary/aromatic N) is 1. The Bertz CT molecular complexity index is 487. The number of hydrogen-bond donors (Lipinski definition) is 1. The fourth-order valence-electron chi connectivity index (χ4n) is 2.45. The molecule has 2 rings (SSSR count). The molecule has 0 aromatic heterocycles. The zero-order valence-electron chi connectivity index (χ0n) is 12.7. The zero-order valence-corrected chi connectivity index (χ0v) is 13.4. The highest BCUT2D eigenvalue weighted by atomic mass is 35.5. The number of likely N-dealkylation sites (tertiary alicyclic amines) is 1. The predicted octanol–water partition coefficient (Wildman–Crippen LogP) is 2.84. The van der Waals surface area contributed by atoms with Gasteiger partial charge in [-0.2, -0.15) is 0 Å². The van der Waals surface area contributed by atoms with Gasteiger partial charge in [0.05, 0.1) is 5.02 Å². The van der Waals surface area contributed by atoms with Crippen LogP contribution < -0.4 is 10.1 Å². The van der Waals surface area contributed by atoms with Gasteiger partial charge in [0.2, 0.25) is 0 Å². The summed E-state index contributed by atoms with van der Waals surface area (Å²) in [6.45, 7) is 7.20. The molecule has 1 aromatic rings. The Morgan fingerprint density at radius 3 is 2.76 bits per heavy atom. The topological polar surface area (TPSA) is 41.6 Å². The fourth-order valence-corrected chi connectivity index (χ4v) is 2.70. The van der Waals surface area contributed by atoms with E-state index in [1.54, 1.807) is 6.92 Å². The average Bonchev–Trinajstić information content (AvgIpc) is 3.01. The second kappa shape index (κ2) is 7.66. The minimum atomic E-state index is -0.500. The Hall–Kier alpha value is -1.26. The first-order valence-corrected chi connectivity index (χ1v) is 7.94. The molecule has 1 aromatic carbocycles. The van der Waals surface area contributed by atoms with E-state index in [-0.39, 0.29) is 5.91 Å². The first kappa shape index (κ1) is 16.1. The number of benzene rings is 1. The van der Waals surface area contributed by atoms with E-state index in [2.05, 4.69) is 12.2 Å². The summed E-state index contributed by atoms with van der Waals surface area (Å²) < 4.78 is 5.74. The maximum atomic E-state index is 12.2. The second-order valence-electron chi connectivity index (χ2n) is 5.34. The van der Waals surface area contributed by atoms with E-state index in [1.807, 2.05) is 23.1 Å². The van der Waals surface area contributed by atoms with Crippen molar-refractivity contribution in [2.45, 2.75) is 39.3 Å². The Morgan fingerprint density at radius 2 is 2.14 bits per heavy atom. The van der Waals surface area contributed by atoms with E-state index in [0.717, 1.165) is 44.6 Å². The average molecular weight is 311 g/mol. The molecular formula is C16H23ClN2O2. The number of ether oxygens (including phenoxy) is 1. The Balaban J connectivity index is 1.96. The summed E-state index contributed by atoms with van der Waals surface area (Å²) in [6, 6.07) is 5.69. The van der Waals surface area contributed by atoms with Crippen LogP contribution in [-0.4, -0.2) is 36.5 Å². The van der Waals surface area contributed by atoms with Crippen LogP contribution in [0.5, 0.6) is 5.75 Å². The van der Waals surface area contributed by atoms with Crippen LogP contribution in [0.4, 0.5) is 0 Å². The van der Waals surface area contributed by atoms with E-state index >= 15 is 0 Å². The van der Waals surface area contributed by atoms with Crippen LogP contribution in [0, 0.1) is 0 Å². The summed E-state index contributed by atoms with van der Waals surface area (Å²) >= 11 is 6.24. The predicted molar refractivity (Wildman–Crippen MR) is 84.7 cm³/mol. The van der Waals surface area contributed by atoms with Crippen LogP contribution >= 0.6 is 11.6 Å². The van der Waals surface area contributed by atoms with Gasteiger partial charge in [-0.1, -0.05) is 24.6 Å². The summed E-state index contributed by atoms with van der Waals surface area (Å²) in [6.07, 6.45) is 1.66. The molecule has 1 fully saturated rings. The lowest BCUT2D eigenvalue weighted by molar-refractivity contribution is -0.136. The van der Waals surface area contributed by atoms with Gasteiger partial charge in [0.25, 0.3) is 5.91 Å². The van der Waals surface area contributed by atoms with Gasteiger partial charge in [0, 0.05) is 19.6 Å². The largest absolute Gasteiger partial charge is 0.479 e. The van der Waals surface area contributed by atoms with Crippen molar-refractivity contribution < 1.29 is 9.53 Å². The molecule has 0 aliphatic carbocycles. The molecule has 5 heteroatoms. The molecule has 0 saturated carbocycles. The number of halogens is 1. The Labute approximate surface area is 131 Å². The molecular weight excluding hydrogens is 288 g/mol. The number of carbonyl (C=O) groups excluding carboxylic acids is 1. The standard InChI is InChI=1S/C16H23ClN2O2/c1-3-18-11-13-6-7-15(14(17)10-13)21-12(2)16(20)19-8-4-5-9-19/h6-7,10,12,18H,3-5,8-9,11H2,1-2H3. The van der Waals surface area contributed by atoms with Crippen molar-refractivity contribution in [3.63, 3.8) is 0 Å². The number of amides is 1. The number of nitrogens with one attached hydrogen (secondary N) is 1. The van der Waals surface area contributed by atoms with Gasteiger partial charge in [0.1, 0.15) is 5.75 Å². The minimum absolute atomic E-state index is 0.0419. The van der Waals surface area contributed by atoms with E-state index in [9.17, 15) is 4.79 Å². The van der Waals surface area contributed by atoms with Crippen molar-refractivity contribution in [3.8, 4) is 5.75 Å². The molecule has 4 nitrogen and oxygen atoms in total. The molecule has 0 radical (unpaired) electrons. The number of hydrogen-bond acceptors (Lipinski definition) is 3. The molecule has 1 saturated heterocycles. The highest BCUT2D eigenvalue weighted by Gasteiger charge is 2.24. The second-order valence-corrected chi connectivity index (χ2v) is 5.74. The molecule has 0 spiro atoms. The van der Waals surface area contributed by atoms with Crippen molar-refractivity contribution in [2.75, 3.05) is 19.6 Å². The molecule has 1 aliphatic heterocycles. The molecule has 1 aliphatic rings. The first-order chi connectivity index (χ1) is 10.1. The molecule has 1 unspecified atom stereocenters. The van der Waals surface area contributed by atoms with E-state index < -0.39 is 6.10 Å². The Morgan fingerprint density at radius 1 is 1.43 bits per heavy atom. The smallest absolute Gasteiger partial charge is 0.263 e. The van der Waals surface area contributed by atoms with Gasteiger partial charge in [0.15, 0.2) is 6.10 Å². The minimum Gasteiger partial charge on any atom is -0.479 e. The van der Waals surface area contributed by atoms with Crippen molar-refractivity contribution in [3.05, 3.63) is 28.8 Å². The fraction of sp³-hybridized carbons (Fsp3) is 0.562. The molecule has 116 valence electrons. The van der Waals surface area contributed by atoms with Gasteiger partial charge >= 0.3 is 0 Å². The van der Waals surface area contributed by atoms with Crippen LogP contribution in [0.15, 0.2) is 18.2 Å². The Kier molecular flexibility index (Phi) is 5.88. The van der Waals surface area contributed by atoms with Crippen LogP contribution in [0.2, 0.25) is 5.02 Å². The normalized spacial score (nSPS) is 16.0. The molecule has 1 N–H and O–H groups in total. The van der Waals surface area contributed by atoms with Gasteiger partial charge in [-0.15, -0.1) is 0 Å². The maximum Gasteiger partial charge on any atom is 0.263 e. The molecule has 1 heterocycles. The van der Waals surface area contributed by atoms with E-state index in [4.69, 9.17) is 16.3 Å². The van der Waals surface area contributed by atoms with Gasteiger partial charge in [-0.3, -0.25) is 4.79 Å². The van der Waals surface area contributed by atoms with Gasteiger partial charge in [-0.05, 0) is 44.0 Å². The molecule has 0 bridgehead atoms. The SMILES string of the molecule is CCNCc1ccc(OC(C)C(=O)N2CCCC2)c(Cl)c1. The van der Waals surface area contributed by atoms with E-state index in [1.165, 1.54) is 0 Å². The number of carbonyl (C=O) groups is 1. The summed E-state index contributed by atoms with van der Waals surface area (Å²) in [7, 11) is 0. The van der Waals surface area contributed by atoms with Crippen LogP contribution in [-0.2, 0) is 11.3 Å².